The highest BCUT2D eigenvalue weighted by Gasteiger charge is 2.38. The SMILES string of the molecule is CC(C)=CC(=O)N1CCC2(CCC(=O)NC2)CC1. The third kappa shape index (κ3) is 2.92. The fourth-order valence-electron chi connectivity index (χ4n) is 2.81. The number of piperidine rings is 2. The minimum atomic E-state index is 0.129. The predicted octanol–water partition coefficient (Wildman–Crippen LogP) is 1.47. The highest BCUT2D eigenvalue weighted by atomic mass is 16.2. The number of carbonyl (C=O) groups excluding carboxylic acids is 2. The summed E-state index contributed by atoms with van der Waals surface area (Å²) in [7, 11) is 0. The van der Waals surface area contributed by atoms with E-state index < -0.39 is 0 Å². The van der Waals surface area contributed by atoms with Gasteiger partial charge in [-0.1, -0.05) is 5.57 Å². The van der Waals surface area contributed by atoms with Crippen LogP contribution in [0.1, 0.15) is 39.5 Å². The van der Waals surface area contributed by atoms with Crippen molar-refractivity contribution in [1.82, 2.24) is 10.2 Å². The van der Waals surface area contributed by atoms with E-state index in [0.717, 1.165) is 44.5 Å². The van der Waals surface area contributed by atoms with E-state index in [4.69, 9.17) is 0 Å². The van der Waals surface area contributed by atoms with Crippen LogP contribution < -0.4 is 5.32 Å². The van der Waals surface area contributed by atoms with Crippen LogP contribution in [0.15, 0.2) is 11.6 Å². The molecule has 0 aliphatic carbocycles. The van der Waals surface area contributed by atoms with Crippen LogP contribution in [0.3, 0.4) is 0 Å². The first-order chi connectivity index (χ1) is 8.51. The molecule has 0 aromatic heterocycles. The first-order valence-electron chi connectivity index (χ1n) is 6.71. The standard InChI is InChI=1S/C14H22N2O2/c1-11(2)9-13(18)16-7-5-14(6-8-16)4-3-12(17)15-10-14/h9H,3-8,10H2,1-2H3,(H,15,17). The Labute approximate surface area is 108 Å². The first kappa shape index (κ1) is 13.1. The van der Waals surface area contributed by atoms with Crippen molar-refractivity contribution in [2.75, 3.05) is 19.6 Å². The Morgan fingerprint density at radius 2 is 1.94 bits per heavy atom. The van der Waals surface area contributed by atoms with Crippen molar-refractivity contribution in [2.45, 2.75) is 39.5 Å². The molecule has 2 heterocycles. The van der Waals surface area contributed by atoms with E-state index in [1.54, 1.807) is 6.08 Å². The van der Waals surface area contributed by atoms with E-state index >= 15 is 0 Å². The molecule has 2 amide bonds. The van der Waals surface area contributed by atoms with Crippen molar-refractivity contribution < 1.29 is 9.59 Å². The van der Waals surface area contributed by atoms with Gasteiger partial charge in [0.2, 0.25) is 11.8 Å². The summed E-state index contributed by atoms with van der Waals surface area (Å²) < 4.78 is 0. The maximum absolute atomic E-state index is 11.9. The first-order valence-corrected chi connectivity index (χ1v) is 6.71. The van der Waals surface area contributed by atoms with Crippen LogP contribution in [0.4, 0.5) is 0 Å². The third-order valence-electron chi connectivity index (χ3n) is 4.09. The molecule has 4 nitrogen and oxygen atoms in total. The number of hydrogen-bond acceptors (Lipinski definition) is 2. The number of carbonyl (C=O) groups is 2. The van der Waals surface area contributed by atoms with E-state index in [1.165, 1.54) is 0 Å². The molecule has 0 aromatic carbocycles. The lowest BCUT2D eigenvalue weighted by atomic mass is 9.73. The normalized spacial score (nSPS) is 22.6. The summed E-state index contributed by atoms with van der Waals surface area (Å²) in [6.07, 6.45) is 5.34. The second-order valence-corrected chi connectivity index (χ2v) is 5.82. The van der Waals surface area contributed by atoms with E-state index in [0.29, 0.717) is 6.42 Å². The van der Waals surface area contributed by atoms with Gasteiger partial charge in [-0.25, -0.2) is 0 Å². The van der Waals surface area contributed by atoms with Crippen LogP contribution >= 0.6 is 0 Å². The van der Waals surface area contributed by atoms with Gasteiger partial charge in [0.15, 0.2) is 0 Å². The highest BCUT2D eigenvalue weighted by Crippen LogP contribution is 2.37. The van der Waals surface area contributed by atoms with Gasteiger partial charge in [-0.2, -0.15) is 0 Å². The quantitative estimate of drug-likeness (QED) is 0.716. The summed E-state index contributed by atoms with van der Waals surface area (Å²) in [6, 6.07) is 0. The lowest BCUT2D eigenvalue weighted by Crippen LogP contribution is -2.50. The van der Waals surface area contributed by atoms with Gasteiger partial charge in [0.1, 0.15) is 0 Å². The minimum absolute atomic E-state index is 0.129. The second-order valence-electron chi connectivity index (χ2n) is 5.82. The molecule has 2 rings (SSSR count). The summed E-state index contributed by atoms with van der Waals surface area (Å²) in [4.78, 5) is 25.0. The Morgan fingerprint density at radius 1 is 1.28 bits per heavy atom. The Kier molecular flexibility index (Phi) is 3.73. The maximum atomic E-state index is 11.9. The number of amides is 2. The molecule has 1 N–H and O–H groups in total. The predicted molar refractivity (Wildman–Crippen MR) is 69.9 cm³/mol. The smallest absolute Gasteiger partial charge is 0.246 e. The van der Waals surface area contributed by atoms with Gasteiger partial charge in [0.05, 0.1) is 0 Å². The second kappa shape index (κ2) is 5.12. The number of nitrogens with one attached hydrogen (secondary N) is 1. The Hall–Kier alpha value is -1.32. The summed E-state index contributed by atoms with van der Waals surface area (Å²) in [5.74, 6) is 0.299. The summed E-state index contributed by atoms with van der Waals surface area (Å²) in [6.45, 7) is 6.31. The summed E-state index contributed by atoms with van der Waals surface area (Å²) in [5, 5.41) is 2.96. The molecule has 100 valence electrons. The number of nitrogens with zero attached hydrogens (tertiary/aromatic N) is 1. The van der Waals surface area contributed by atoms with Crippen LogP contribution in [-0.2, 0) is 9.59 Å². The Morgan fingerprint density at radius 3 is 2.44 bits per heavy atom. The molecule has 0 saturated carbocycles. The van der Waals surface area contributed by atoms with Crippen molar-refractivity contribution in [3.8, 4) is 0 Å². The molecule has 0 bridgehead atoms. The molecule has 0 radical (unpaired) electrons. The number of allylic oxidation sites excluding steroid dienone is 1. The van der Waals surface area contributed by atoms with E-state index in [2.05, 4.69) is 5.32 Å². The van der Waals surface area contributed by atoms with Crippen LogP contribution in [0.25, 0.3) is 0 Å². The highest BCUT2D eigenvalue weighted by molar-refractivity contribution is 5.88. The third-order valence-corrected chi connectivity index (χ3v) is 4.09. The Balaban J connectivity index is 1.90. The van der Waals surface area contributed by atoms with Crippen LogP contribution in [0.5, 0.6) is 0 Å². The van der Waals surface area contributed by atoms with E-state index in [1.807, 2.05) is 18.7 Å². The molecular weight excluding hydrogens is 228 g/mol. The van der Waals surface area contributed by atoms with Gasteiger partial charge in [-0.05, 0) is 38.5 Å². The number of likely N-dealkylation sites (tertiary alicyclic amines) is 1. The molecule has 0 aromatic rings. The van der Waals surface area contributed by atoms with Crippen molar-refractivity contribution in [3.05, 3.63) is 11.6 Å². The summed E-state index contributed by atoms with van der Waals surface area (Å²) >= 11 is 0. The molecule has 1 spiro atoms. The molecule has 2 aliphatic heterocycles. The molecule has 2 aliphatic rings. The number of hydrogen-bond donors (Lipinski definition) is 1. The number of rotatable bonds is 1. The zero-order valence-electron chi connectivity index (χ0n) is 11.3. The zero-order valence-corrected chi connectivity index (χ0v) is 11.3. The molecule has 0 atom stereocenters. The van der Waals surface area contributed by atoms with Gasteiger partial charge < -0.3 is 10.2 Å². The van der Waals surface area contributed by atoms with E-state index in [-0.39, 0.29) is 17.2 Å². The van der Waals surface area contributed by atoms with Gasteiger partial charge in [-0.3, -0.25) is 9.59 Å². The van der Waals surface area contributed by atoms with Crippen molar-refractivity contribution >= 4 is 11.8 Å². The molecule has 18 heavy (non-hydrogen) atoms. The molecule has 2 saturated heterocycles. The summed E-state index contributed by atoms with van der Waals surface area (Å²) in [5.41, 5.74) is 1.29. The molecule has 2 fully saturated rings. The topological polar surface area (TPSA) is 49.4 Å². The van der Waals surface area contributed by atoms with Crippen LogP contribution in [0.2, 0.25) is 0 Å². The van der Waals surface area contributed by atoms with Crippen LogP contribution in [-0.4, -0.2) is 36.3 Å². The van der Waals surface area contributed by atoms with Crippen molar-refractivity contribution in [1.29, 1.82) is 0 Å². The van der Waals surface area contributed by atoms with Crippen LogP contribution in [0, 0.1) is 5.41 Å². The molecule has 0 unspecified atom stereocenters. The lowest BCUT2D eigenvalue weighted by Gasteiger charge is -2.43. The monoisotopic (exact) mass is 250 g/mol. The van der Waals surface area contributed by atoms with Gasteiger partial charge >= 0.3 is 0 Å². The Bertz CT molecular complexity index is 363. The van der Waals surface area contributed by atoms with Gasteiger partial charge in [-0.15, -0.1) is 0 Å². The average Bonchev–Trinajstić information content (AvgIpc) is 2.33. The van der Waals surface area contributed by atoms with Crippen molar-refractivity contribution in [2.24, 2.45) is 5.41 Å². The fraction of sp³-hybridized carbons (Fsp3) is 0.714. The molecular formula is C14H22N2O2. The lowest BCUT2D eigenvalue weighted by molar-refractivity contribution is -0.131. The van der Waals surface area contributed by atoms with Gasteiger partial charge in [0, 0.05) is 32.1 Å². The van der Waals surface area contributed by atoms with E-state index in [9.17, 15) is 9.59 Å². The largest absolute Gasteiger partial charge is 0.356 e. The average molecular weight is 250 g/mol. The molecule has 4 heteroatoms. The van der Waals surface area contributed by atoms with Crippen molar-refractivity contribution in [3.63, 3.8) is 0 Å². The maximum Gasteiger partial charge on any atom is 0.246 e. The fourth-order valence-corrected chi connectivity index (χ4v) is 2.81. The van der Waals surface area contributed by atoms with Gasteiger partial charge in [0.25, 0.3) is 0 Å². The minimum Gasteiger partial charge on any atom is -0.356 e. The zero-order chi connectivity index (χ0) is 13.2.